The van der Waals surface area contributed by atoms with E-state index in [2.05, 4.69) is 0 Å². The first-order chi connectivity index (χ1) is 10.7. The number of rotatable bonds is 8. The summed E-state index contributed by atoms with van der Waals surface area (Å²) in [6, 6.07) is 0. The molecule has 11 nitrogen and oxygen atoms in total. The van der Waals surface area contributed by atoms with Gasteiger partial charge in [-0.05, 0) is 0 Å². The van der Waals surface area contributed by atoms with E-state index in [0.29, 0.717) is 0 Å². The van der Waals surface area contributed by atoms with Crippen LogP contribution in [0.3, 0.4) is 0 Å². The minimum atomic E-state index is -1.86. The molecule has 1 heterocycles. The van der Waals surface area contributed by atoms with Crippen molar-refractivity contribution >= 4 is 0 Å². The Morgan fingerprint density at radius 3 is 1.91 bits per heavy atom. The van der Waals surface area contributed by atoms with Crippen LogP contribution in [0.15, 0.2) is 0 Å². The van der Waals surface area contributed by atoms with Gasteiger partial charge in [0.2, 0.25) is 0 Å². The Morgan fingerprint density at radius 2 is 1.39 bits per heavy atom. The maximum Gasteiger partial charge on any atom is 0.186 e. The maximum absolute atomic E-state index is 9.70. The molecule has 1 rings (SSSR count). The summed E-state index contributed by atoms with van der Waals surface area (Å²) in [4.78, 5) is 0. The lowest BCUT2D eigenvalue weighted by molar-refractivity contribution is -0.306. The SMILES string of the molecule is OC[C@@H](O)[C@H](O)[C@H](O)[C@@H](O)COC1O[C@H](CO)[C@@H](O)[C@H](O)[C@H]1O. The largest absolute Gasteiger partial charge is 0.394 e. The molecule has 0 aromatic carbocycles. The smallest absolute Gasteiger partial charge is 0.186 e. The van der Waals surface area contributed by atoms with Crippen molar-refractivity contribution in [1.82, 2.24) is 0 Å². The Kier molecular flexibility index (Phi) is 8.20. The van der Waals surface area contributed by atoms with Gasteiger partial charge in [-0.2, -0.15) is 0 Å². The molecule has 0 spiro atoms. The molecule has 0 amide bonds. The van der Waals surface area contributed by atoms with Crippen LogP contribution >= 0.6 is 0 Å². The maximum atomic E-state index is 9.70. The average molecular weight is 344 g/mol. The highest BCUT2D eigenvalue weighted by molar-refractivity contribution is 4.89. The van der Waals surface area contributed by atoms with Gasteiger partial charge in [0.15, 0.2) is 6.29 Å². The quantitative estimate of drug-likeness (QED) is 0.203. The molecule has 0 saturated carbocycles. The summed E-state index contributed by atoms with van der Waals surface area (Å²) in [6.07, 6.45) is -14.7. The third kappa shape index (κ3) is 5.01. The van der Waals surface area contributed by atoms with E-state index in [0.717, 1.165) is 0 Å². The molecule has 1 fully saturated rings. The molecule has 9 N–H and O–H groups in total. The molecule has 0 aliphatic carbocycles. The number of aliphatic hydroxyl groups excluding tert-OH is 9. The summed E-state index contributed by atoms with van der Waals surface area (Å²) in [6.45, 7) is -2.16. The Morgan fingerprint density at radius 1 is 0.826 bits per heavy atom. The molecule has 138 valence electrons. The molecule has 0 aromatic rings. The minimum Gasteiger partial charge on any atom is -0.394 e. The third-order valence-electron chi connectivity index (χ3n) is 3.61. The van der Waals surface area contributed by atoms with E-state index >= 15 is 0 Å². The molecule has 9 atom stereocenters. The lowest BCUT2D eigenvalue weighted by Gasteiger charge is -2.40. The van der Waals surface area contributed by atoms with E-state index in [4.69, 9.17) is 19.7 Å². The molecule has 1 aliphatic heterocycles. The first kappa shape index (κ1) is 20.6. The van der Waals surface area contributed by atoms with Gasteiger partial charge in [0.25, 0.3) is 0 Å². The summed E-state index contributed by atoms with van der Waals surface area (Å²) in [7, 11) is 0. The second-order valence-electron chi connectivity index (χ2n) is 5.33. The Labute approximate surface area is 131 Å². The van der Waals surface area contributed by atoms with E-state index in [-0.39, 0.29) is 0 Å². The highest BCUT2D eigenvalue weighted by Crippen LogP contribution is 2.22. The molecule has 1 saturated heterocycles. The van der Waals surface area contributed by atoms with Crippen LogP contribution < -0.4 is 0 Å². The van der Waals surface area contributed by atoms with Crippen molar-refractivity contribution in [3.05, 3.63) is 0 Å². The van der Waals surface area contributed by atoms with E-state index in [9.17, 15) is 35.7 Å². The van der Waals surface area contributed by atoms with Gasteiger partial charge in [-0.15, -0.1) is 0 Å². The number of hydrogen-bond acceptors (Lipinski definition) is 11. The lowest BCUT2D eigenvalue weighted by Crippen LogP contribution is -2.59. The fraction of sp³-hybridized carbons (Fsp3) is 1.00. The van der Waals surface area contributed by atoms with Crippen molar-refractivity contribution in [2.75, 3.05) is 19.8 Å². The van der Waals surface area contributed by atoms with Gasteiger partial charge in [0.05, 0.1) is 19.8 Å². The van der Waals surface area contributed by atoms with E-state index in [1.165, 1.54) is 0 Å². The van der Waals surface area contributed by atoms with Crippen LogP contribution in [-0.4, -0.2) is 121 Å². The zero-order chi connectivity index (χ0) is 17.7. The average Bonchev–Trinajstić information content (AvgIpc) is 2.56. The van der Waals surface area contributed by atoms with Crippen LogP contribution in [0.2, 0.25) is 0 Å². The van der Waals surface area contributed by atoms with Crippen LogP contribution in [0, 0.1) is 0 Å². The van der Waals surface area contributed by atoms with Gasteiger partial charge in [0.1, 0.15) is 48.8 Å². The molecular formula is C12H24O11. The zero-order valence-electron chi connectivity index (χ0n) is 12.2. The third-order valence-corrected chi connectivity index (χ3v) is 3.61. The predicted molar refractivity (Wildman–Crippen MR) is 70.8 cm³/mol. The van der Waals surface area contributed by atoms with Gasteiger partial charge >= 0.3 is 0 Å². The molecule has 0 aromatic heterocycles. The van der Waals surface area contributed by atoms with Crippen LogP contribution in [0.25, 0.3) is 0 Å². The summed E-state index contributed by atoms with van der Waals surface area (Å²) < 4.78 is 9.99. The standard InChI is InChI=1S/C12H24O11/c13-1-4(15)7(17)8(18)5(16)3-22-12-11(21)10(20)9(19)6(2-14)23-12/h4-21H,1-3H2/t4-,5+,6-,7+,8-,9-,10+,11-,12?/m1/s1. The molecule has 23 heavy (non-hydrogen) atoms. The first-order valence-corrected chi connectivity index (χ1v) is 6.99. The van der Waals surface area contributed by atoms with Crippen molar-refractivity contribution in [2.45, 2.75) is 55.1 Å². The second kappa shape index (κ2) is 9.15. The van der Waals surface area contributed by atoms with Crippen molar-refractivity contribution in [3.8, 4) is 0 Å². The number of aliphatic hydroxyl groups is 9. The summed E-state index contributed by atoms with van der Waals surface area (Å²) in [5.41, 5.74) is 0. The van der Waals surface area contributed by atoms with E-state index in [1.807, 2.05) is 0 Å². The molecule has 0 radical (unpaired) electrons. The first-order valence-electron chi connectivity index (χ1n) is 6.99. The second-order valence-corrected chi connectivity index (χ2v) is 5.33. The Balaban J connectivity index is 2.55. The lowest BCUT2D eigenvalue weighted by atomic mass is 9.99. The monoisotopic (exact) mass is 344 g/mol. The number of hydrogen-bond donors (Lipinski definition) is 9. The van der Waals surface area contributed by atoms with Gasteiger partial charge in [0, 0.05) is 0 Å². The number of ether oxygens (including phenoxy) is 2. The van der Waals surface area contributed by atoms with Gasteiger partial charge in [-0.25, -0.2) is 0 Å². The summed E-state index contributed by atoms with van der Waals surface area (Å²) in [5, 5.41) is 84.4. The fourth-order valence-electron chi connectivity index (χ4n) is 2.06. The van der Waals surface area contributed by atoms with Crippen LogP contribution in [0.4, 0.5) is 0 Å². The van der Waals surface area contributed by atoms with Crippen LogP contribution in [0.1, 0.15) is 0 Å². The highest BCUT2D eigenvalue weighted by atomic mass is 16.7. The zero-order valence-corrected chi connectivity index (χ0v) is 12.2. The van der Waals surface area contributed by atoms with E-state index in [1.54, 1.807) is 0 Å². The van der Waals surface area contributed by atoms with Gasteiger partial charge in [-0.1, -0.05) is 0 Å². The van der Waals surface area contributed by atoms with Crippen molar-refractivity contribution in [3.63, 3.8) is 0 Å². The summed E-state index contributed by atoms with van der Waals surface area (Å²) >= 11 is 0. The fourth-order valence-corrected chi connectivity index (χ4v) is 2.06. The normalized spacial score (nSPS) is 37.2. The molecule has 1 aliphatic rings. The van der Waals surface area contributed by atoms with Crippen molar-refractivity contribution in [2.24, 2.45) is 0 Å². The van der Waals surface area contributed by atoms with Gasteiger partial charge in [-0.3, -0.25) is 0 Å². The highest BCUT2D eigenvalue weighted by Gasteiger charge is 2.44. The van der Waals surface area contributed by atoms with Crippen molar-refractivity contribution < 1.29 is 55.4 Å². The van der Waals surface area contributed by atoms with Crippen LogP contribution in [-0.2, 0) is 9.47 Å². The minimum absolute atomic E-state index is 0.655. The predicted octanol–water partition coefficient (Wildman–Crippen LogP) is -5.76. The molecule has 1 unspecified atom stereocenters. The Bertz CT molecular complexity index is 341. The van der Waals surface area contributed by atoms with Crippen LogP contribution in [0.5, 0.6) is 0 Å². The topological polar surface area (TPSA) is 201 Å². The van der Waals surface area contributed by atoms with E-state index < -0.39 is 74.9 Å². The van der Waals surface area contributed by atoms with Crippen molar-refractivity contribution in [1.29, 1.82) is 0 Å². The Hall–Kier alpha value is -0.440. The van der Waals surface area contributed by atoms with Gasteiger partial charge < -0.3 is 55.4 Å². The molecule has 11 heteroatoms. The summed E-state index contributed by atoms with van der Waals surface area (Å²) in [5.74, 6) is 0. The molecule has 0 bridgehead atoms. The molecular weight excluding hydrogens is 320 g/mol.